The van der Waals surface area contributed by atoms with Crippen LogP contribution < -0.4 is 4.74 Å². The van der Waals surface area contributed by atoms with Crippen molar-refractivity contribution in [2.45, 2.75) is 25.5 Å². The third-order valence-corrected chi connectivity index (χ3v) is 5.30. The molecule has 1 fully saturated rings. The maximum atomic E-state index is 6.19. The molecule has 5 nitrogen and oxygen atoms in total. The van der Waals surface area contributed by atoms with E-state index in [9.17, 15) is 0 Å². The number of benzene rings is 2. The molecular weight excluding hydrogens is 386 g/mol. The molecule has 5 rings (SSSR count). The first-order valence-corrected chi connectivity index (χ1v) is 10.1. The van der Waals surface area contributed by atoms with Crippen LogP contribution in [0.5, 0.6) is 11.5 Å². The molecule has 6 heteroatoms. The smallest absolute Gasteiger partial charge is 0.150 e. The van der Waals surface area contributed by atoms with Crippen LogP contribution in [0.2, 0.25) is 5.15 Å². The Morgan fingerprint density at radius 2 is 1.79 bits per heavy atom. The number of fused-ring (bicyclic) bond motifs is 1. The maximum absolute atomic E-state index is 6.19. The summed E-state index contributed by atoms with van der Waals surface area (Å²) in [6, 6.07) is 19.5. The standard InChI is InChI=1S/C23H20ClN3O2/c24-21-14-19-20(15-25-21)27(22-8-4-5-13-28-22)26-23(19)16-9-11-18(12-10-16)29-17-6-2-1-3-7-17/h1-3,6-7,9-12,14-15,22H,4-5,8,13H2. The van der Waals surface area contributed by atoms with Crippen molar-refractivity contribution in [2.75, 3.05) is 6.61 Å². The average Bonchev–Trinajstić information content (AvgIpc) is 3.14. The average molecular weight is 406 g/mol. The molecule has 2 aromatic carbocycles. The molecule has 2 aromatic heterocycles. The Morgan fingerprint density at radius 1 is 1.00 bits per heavy atom. The van der Waals surface area contributed by atoms with Gasteiger partial charge >= 0.3 is 0 Å². The number of ether oxygens (including phenoxy) is 2. The Bertz CT molecular complexity index is 1120. The summed E-state index contributed by atoms with van der Waals surface area (Å²) in [5.74, 6) is 1.58. The van der Waals surface area contributed by atoms with Crippen LogP contribution >= 0.6 is 11.6 Å². The number of aromatic nitrogens is 3. The number of hydrogen-bond acceptors (Lipinski definition) is 4. The topological polar surface area (TPSA) is 49.2 Å². The van der Waals surface area contributed by atoms with E-state index in [-0.39, 0.29) is 6.23 Å². The molecule has 0 bridgehead atoms. The summed E-state index contributed by atoms with van der Waals surface area (Å²) in [5.41, 5.74) is 2.79. The maximum Gasteiger partial charge on any atom is 0.150 e. The molecule has 3 heterocycles. The number of halogens is 1. The van der Waals surface area contributed by atoms with Gasteiger partial charge < -0.3 is 9.47 Å². The molecule has 1 atom stereocenters. The first kappa shape index (κ1) is 18.2. The Morgan fingerprint density at radius 3 is 2.55 bits per heavy atom. The van der Waals surface area contributed by atoms with Gasteiger partial charge in [0.25, 0.3) is 0 Å². The Labute approximate surface area is 173 Å². The van der Waals surface area contributed by atoms with E-state index in [1.165, 1.54) is 0 Å². The van der Waals surface area contributed by atoms with Crippen molar-refractivity contribution in [2.24, 2.45) is 0 Å². The lowest BCUT2D eigenvalue weighted by Gasteiger charge is -2.23. The zero-order valence-electron chi connectivity index (χ0n) is 15.8. The van der Waals surface area contributed by atoms with Crippen LogP contribution in [0.3, 0.4) is 0 Å². The van der Waals surface area contributed by atoms with Crippen LogP contribution in [0, 0.1) is 0 Å². The summed E-state index contributed by atoms with van der Waals surface area (Å²) >= 11 is 6.19. The molecule has 1 unspecified atom stereocenters. The highest BCUT2D eigenvalue weighted by Gasteiger charge is 2.22. The van der Waals surface area contributed by atoms with Gasteiger partial charge in [-0.15, -0.1) is 0 Å². The zero-order chi connectivity index (χ0) is 19.6. The first-order chi connectivity index (χ1) is 14.3. The van der Waals surface area contributed by atoms with E-state index in [2.05, 4.69) is 4.98 Å². The SMILES string of the molecule is Clc1cc2c(-c3ccc(Oc4ccccc4)cc3)nn(C3CCCCO3)c2cn1. The van der Waals surface area contributed by atoms with Crippen molar-refractivity contribution < 1.29 is 9.47 Å². The van der Waals surface area contributed by atoms with Crippen molar-refractivity contribution >= 4 is 22.5 Å². The van der Waals surface area contributed by atoms with Crippen molar-refractivity contribution in [3.8, 4) is 22.8 Å². The molecule has 0 N–H and O–H groups in total. The molecule has 29 heavy (non-hydrogen) atoms. The van der Waals surface area contributed by atoms with Crippen molar-refractivity contribution in [1.82, 2.24) is 14.8 Å². The molecule has 1 saturated heterocycles. The number of nitrogens with zero attached hydrogens (tertiary/aromatic N) is 3. The summed E-state index contributed by atoms with van der Waals surface area (Å²) in [4.78, 5) is 4.26. The summed E-state index contributed by atoms with van der Waals surface area (Å²) < 4.78 is 13.8. The summed E-state index contributed by atoms with van der Waals surface area (Å²) in [6.07, 6.45) is 4.88. The molecule has 0 radical (unpaired) electrons. The van der Waals surface area contributed by atoms with E-state index in [1.807, 2.05) is 65.3 Å². The van der Waals surface area contributed by atoms with Crippen molar-refractivity contribution in [1.29, 1.82) is 0 Å². The molecule has 1 aliphatic rings. The summed E-state index contributed by atoms with van der Waals surface area (Å²) in [7, 11) is 0. The molecule has 0 amide bonds. The first-order valence-electron chi connectivity index (χ1n) is 9.77. The Kier molecular flexibility index (Phi) is 4.92. The molecule has 146 valence electrons. The summed E-state index contributed by atoms with van der Waals surface area (Å²) in [5, 5.41) is 6.31. The fourth-order valence-electron chi connectivity index (χ4n) is 3.67. The molecular formula is C23H20ClN3O2. The minimum Gasteiger partial charge on any atom is -0.457 e. The molecule has 0 aliphatic carbocycles. The molecule has 0 spiro atoms. The van der Waals surface area contributed by atoms with Gasteiger partial charge in [-0.3, -0.25) is 0 Å². The second-order valence-corrected chi connectivity index (χ2v) is 7.47. The highest BCUT2D eigenvalue weighted by Crippen LogP contribution is 2.34. The molecule has 4 aromatic rings. The van der Waals surface area contributed by atoms with E-state index < -0.39 is 0 Å². The second kappa shape index (κ2) is 7.85. The number of rotatable bonds is 4. The van der Waals surface area contributed by atoms with E-state index in [4.69, 9.17) is 26.2 Å². The van der Waals surface area contributed by atoms with E-state index in [0.717, 1.165) is 59.5 Å². The fraction of sp³-hybridized carbons (Fsp3) is 0.217. The van der Waals surface area contributed by atoms with Gasteiger partial charge in [0.1, 0.15) is 22.3 Å². The van der Waals surface area contributed by atoms with Gasteiger partial charge in [0, 0.05) is 17.6 Å². The third kappa shape index (κ3) is 3.71. The predicted molar refractivity (Wildman–Crippen MR) is 113 cm³/mol. The Balaban J connectivity index is 1.51. The lowest BCUT2D eigenvalue weighted by Crippen LogP contribution is -2.19. The van der Waals surface area contributed by atoms with Crippen LogP contribution in [-0.4, -0.2) is 21.4 Å². The van der Waals surface area contributed by atoms with Gasteiger partial charge in [-0.2, -0.15) is 5.10 Å². The van der Waals surface area contributed by atoms with Gasteiger partial charge in [0.15, 0.2) is 6.23 Å². The van der Waals surface area contributed by atoms with Gasteiger partial charge in [0.05, 0.1) is 11.7 Å². The van der Waals surface area contributed by atoms with Crippen LogP contribution in [0.4, 0.5) is 0 Å². The van der Waals surface area contributed by atoms with Gasteiger partial charge in [-0.1, -0.05) is 29.8 Å². The number of hydrogen-bond donors (Lipinski definition) is 0. The Hall–Kier alpha value is -2.89. The van der Waals surface area contributed by atoms with E-state index >= 15 is 0 Å². The van der Waals surface area contributed by atoms with Crippen molar-refractivity contribution in [3.05, 3.63) is 72.0 Å². The lowest BCUT2D eigenvalue weighted by molar-refractivity contribution is -0.0365. The second-order valence-electron chi connectivity index (χ2n) is 7.08. The molecule has 1 aliphatic heterocycles. The number of pyridine rings is 1. The molecule has 0 saturated carbocycles. The fourth-order valence-corrected chi connectivity index (χ4v) is 3.82. The quantitative estimate of drug-likeness (QED) is 0.377. The van der Waals surface area contributed by atoms with Crippen LogP contribution in [-0.2, 0) is 4.74 Å². The van der Waals surface area contributed by atoms with Crippen molar-refractivity contribution in [3.63, 3.8) is 0 Å². The van der Waals surface area contributed by atoms with Crippen LogP contribution in [0.1, 0.15) is 25.5 Å². The predicted octanol–water partition coefficient (Wildman–Crippen LogP) is 6.24. The van der Waals surface area contributed by atoms with Crippen LogP contribution in [0.15, 0.2) is 66.9 Å². The van der Waals surface area contributed by atoms with E-state index in [0.29, 0.717) is 5.15 Å². The monoisotopic (exact) mass is 405 g/mol. The summed E-state index contributed by atoms with van der Waals surface area (Å²) in [6.45, 7) is 0.758. The van der Waals surface area contributed by atoms with E-state index in [1.54, 1.807) is 6.20 Å². The lowest BCUT2D eigenvalue weighted by atomic mass is 10.1. The highest BCUT2D eigenvalue weighted by atomic mass is 35.5. The number of para-hydroxylation sites is 1. The normalized spacial score (nSPS) is 16.8. The minimum atomic E-state index is -0.0661. The van der Waals surface area contributed by atoms with Crippen LogP contribution in [0.25, 0.3) is 22.2 Å². The highest BCUT2D eigenvalue weighted by molar-refractivity contribution is 6.30. The van der Waals surface area contributed by atoms with Gasteiger partial charge in [-0.25, -0.2) is 9.67 Å². The van der Waals surface area contributed by atoms with Gasteiger partial charge in [0.2, 0.25) is 0 Å². The largest absolute Gasteiger partial charge is 0.457 e. The van der Waals surface area contributed by atoms with Gasteiger partial charge in [-0.05, 0) is 61.7 Å². The third-order valence-electron chi connectivity index (χ3n) is 5.09. The zero-order valence-corrected chi connectivity index (χ0v) is 16.5. The minimum absolute atomic E-state index is 0.0661.